The van der Waals surface area contributed by atoms with Gasteiger partial charge in [0.05, 0.1) is 4.88 Å². The molecule has 3 aromatic rings. The third-order valence-electron chi connectivity index (χ3n) is 5.82. The number of carbonyl (C=O) groups is 2. The van der Waals surface area contributed by atoms with Gasteiger partial charge < -0.3 is 15.1 Å². The van der Waals surface area contributed by atoms with Crippen molar-refractivity contribution in [2.24, 2.45) is 0 Å². The van der Waals surface area contributed by atoms with E-state index in [2.05, 4.69) is 10.3 Å². The largest absolute Gasteiger partial charge is 0.335 e. The van der Waals surface area contributed by atoms with Crippen LogP contribution in [0.1, 0.15) is 31.5 Å². The maximum absolute atomic E-state index is 13.0. The number of fused-ring (bicyclic) bond motifs is 1. The van der Waals surface area contributed by atoms with Crippen LogP contribution in [0.2, 0.25) is 5.02 Å². The van der Waals surface area contributed by atoms with Crippen molar-refractivity contribution in [2.45, 2.75) is 25.4 Å². The molecule has 1 aromatic carbocycles. The van der Waals surface area contributed by atoms with Gasteiger partial charge in [-0.3, -0.25) is 9.59 Å². The molecule has 9 heteroatoms. The summed E-state index contributed by atoms with van der Waals surface area (Å²) in [5, 5.41) is 7.74. The number of halogens is 1. The van der Waals surface area contributed by atoms with Crippen LogP contribution in [0, 0.1) is 6.92 Å². The molecule has 0 aliphatic carbocycles. The smallest absolute Gasteiger partial charge is 0.282 e. The molecule has 0 unspecified atom stereocenters. The lowest BCUT2D eigenvalue weighted by Crippen LogP contribution is -2.62. The summed E-state index contributed by atoms with van der Waals surface area (Å²) in [4.78, 5) is 34.1. The normalized spacial score (nSPS) is 19.5. The first-order valence-electron chi connectivity index (χ1n) is 9.92. The predicted octanol–water partition coefficient (Wildman–Crippen LogP) is 3.65. The molecule has 2 aromatic heterocycles. The number of benzene rings is 1. The highest BCUT2D eigenvalue weighted by Gasteiger charge is 2.36. The van der Waals surface area contributed by atoms with Gasteiger partial charge in [-0.05, 0) is 42.5 Å². The predicted molar refractivity (Wildman–Crippen MR) is 121 cm³/mol. The van der Waals surface area contributed by atoms with Crippen molar-refractivity contribution >= 4 is 56.2 Å². The zero-order chi connectivity index (χ0) is 20.8. The number of thiophene rings is 1. The van der Waals surface area contributed by atoms with Crippen molar-refractivity contribution in [1.29, 1.82) is 0 Å². The van der Waals surface area contributed by atoms with Gasteiger partial charge in [0.1, 0.15) is 0 Å². The number of nitrogens with one attached hydrogen (secondary N) is 1. The van der Waals surface area contributed by atoms with E-state index < -0.39 is 0 Å². The minimum Gasteiger partial charge on any atom is -0.335 e. The summed E-state index contributed by atoms with van der Waals surface area (Å²) in [5.74, 6) is 0.106. The quantitative estimate of drug-likeness (QED) is 0.645. The number of nitrogens with zero attached hydrogens (tertiary/aromatic N) is 3. The van der Waals surface area contributed by atoms with Gasteiger partial charge in [0.15, 0.2) is 5.01 Å². The molecule has 2 aliphatic heterocycles. The third-order valence-corrected chi connectivity index (χ3v) is 8.08. The summed E-state index contributed by atoms with van der Waals surface area (Å²) in [6.45, 7) is 4.83. The summed E-state index contributed by atoms with van der Waals surface area (Å²) in [6, 6.07) is 6.31. The van der Waals surface area contributed by atoms with E-state index in [1.807, 2.05) is 40.3 Å². The highest BCUT2D eigenvalue weighted by molar-refractivity contribution is 7.21. The Morgan fingerprint density at radius 1 is 1.17 bits per heavy atom. The van der Waals surface area contributed by atoms with Gasteiger partial charge in [-0.2, -0.15) is 0 Å². The lowest BCUT2D eigenvalue weighted by Gasteiger charge is -2.41. The molecule has 2 aliphatic rings. The Hall–Kier alpha value is -2.00. The molecule has 1 atom stereocenters. The Balaban J connectivity index is 1.16. The zero-order valence-electron chi connectivity index (χ0n) is 16.4. The van der Waals surface area contributed by atoms with Crippen LogP contribution in [-0.2, 0) is 0 Å². The molecule has 6 nitrogen and oxygen atoms in total. The summed E-state index contributed by atoms with van der Waals surface area (Å²) in [5.41, 5.74) is 1.01. The fourth-order valence-corrected chi connectivity index (χ4v) is 6.10. The number of hydrogen-bond donors (Lipinski definition) is 1. The molecule has 4 heterocycles. The van der Waals surface area contributed by atoms with Crippen molar-refractivity contribution in [3.63, 3.8) is 0 Å². The highest BCUT2D eigenvalue weighted by Crippen LogP contribution is 2.34. The van der Waals surface area contributed by atoms with Gasteiger partial charge in [-0.15, -0.1) is 22.7 Å². The van der Waals surface area contributed by atoms with Crippen molar-refractivity contribution in [2.75, 3.05) is 26.2 Å². The van der Waals surface area contributed by atoms with E-state index in [1.165, 1.54) is 22.7 Å². The fourth-order valence-electron chi connectivity index (χ4n) is 4.17. The summed E-state index contributed by atoms with van der Waals surface area (Å²) < 4.78 is 1.09. The number of aryl methyl sites for hydroxylation is 1. The van der Waals surface area contributed by atoms with E-state index >= 15 is 0 Å². The van der Waals surface area contributed by atoms with Crippen molar-refractivity contribution in [1.82, 2.24) is 20.1 Å². The second kappa shape index (κ2) is 7.92. The second-order valence-corrected chi connectivity index (χ2v) is 10.2. The summed E-state index contributed by atoms with van der Waals surface area (Å²) in [7, 11) is 0. The average molecular weight is 461 g/mol. The number of thiazole rings is 1. The first-order chi connectivity index (χ1) is 14.5. The molecule has 156 valence electrons. The van der Waals surface area contributed by atoms with E-state index in [0.717, 1.165) is 33.5 Å². The molecule has 0 saturated carbocycles. The van der Waals surface area contributed by atoms with Gasteiger partial charge in [0.25, 0.3) is 11.8 Å². The summed E-state index contributed by atoms with van der Waals surface area (Å²) >= 11 is 9.03. The molecule has 0 radical (unpaired) electrons. The Morgan fingerprint density at radius 3 is 2.73 bits per heavy atom. The number of amides is 2. The molecule has 2 saturated heterocycles. The van der Waals surface area contributed by atoms with E-state index in [9.17, 15) is 9.59 Å². The maximum atomic E-state index is 13.0. The van der Waals surface area contributed by atoms with Crippen LogP contribution in [0.3, 0.4) is 0 Å². The Bertz CT molecular complexity index is 1110. The van der Waals surface area contributed by atoms with Crippen LogP contribution >= 0.6 is 34.3 Å². The van der Waals surface area contributed by atoms with Crippen molar-refractivity contribution < 1.29 is 9.59 Å². The van der Waals surface area contributed by atoms with E-state index in [0.29, 0.717) is 29.7 Å². The van der Waals surface area contributed by atoms with E-state index in [1.54, 1.807) is 6.20 Å². The molecule has 30 heavy (non-hydrogen) atoms. The lowest BCUT2D eigenvalue weighted by atomic mass is 10.1. The summed E-state index contributed by atoms with van der Waals surface area (Å²) in [6.07, 6.45) is 2.59. The topological polar surface area (TPSA) is 65.5 Å². The van der Waals surface area contributed by atoms with Crippen LogP contribution in [0.15, 0.2) is 29.8 Å². The number of rotatable bonds is 4. The maximum Gasteiger partial charge on any atom is 0.282 e. The molecule has 0 bridgehead atoms. The van der Waals surface area contributed by atoms with Crippen LogP contribution in [0.4, 0.5) is 0 Å². The first-order valence-corrected chi connectivity index (χ1v) is 12.0. The van der Waals surface area contributed by atoms with Gasteiger partial charge in [0.2, 0.25) is 0 Å². The highest BCUT2D eigenvalue weighted by atomic mass is 35.5. The van der Waals surface area contributed by atoms with Crippen LogP contribution in [0.25, 0.3) is 10.1 Å². The first kappa shape index (κ1) is 19.9. The second-order valence-electron chi connectivity index (χ2n) is 7.84. The van der Waals surface area contributed by atoms with Gasteiger partial charge in [0, 0.05) is 59.6 Å². The third kappa shape index (κ3) is 3.62. The minimum absolute atomic E-state index is 0.0139. The Kier molecular flexibility index (Phi) is 5.26. The number of aromatic nitrogens is 1. The molecule has 1 N–H and O–H groups in total. The van der Waals surface area contributed by atoms with Crippen molar-refractivity contribution in [3.05, 3.63) is 50.2 Å². The van der Waals surface area contributed by atoms with Gasteiger partial charge >= 0.3 is 0 Å². The van der Waals surface area contributed by atoms with E-state index in [4.69, 9.17) is 11.6 Å². The number of carbonyl (C=O) groups excluding carboxylic acids is 2. The molecule has 0 spiro atoms. The fraction of sp³-hybridized carbons (Fsp3) is 0.381. The molecular formula is C21H21ClN4O2S2. The van der Waals surface area contributed by atoms with Crippen LogP contribution in [-0.4, -0.2) is 64.9 Å². The Morgan fingerprint density at radius 2 is 1.97 bits per heavy atom. The minimum atomic E-state index is 0.0139. The number of likely N-dealkylation sites (tertiary alicyclic amines) is 2. The molecule has 5 rings (SSSR count). The molecular weight excluding hydrogens is 440 g/mol. The monoisotopic (exact) mass is 460 g/mol. The van der Waals surface area contributed by atoms with Gasteiger partial charge in [-0.25, -0.2) is 4.98 Å². The van der Waals surface area contributed by atoms with Crippen LogP contribution in [0.5, 0.6) is 0 Å². The zero-order valence-corrected chi connectivity index (χ0v) is 18.8. The van der Waals surface area contributed by atoms with Crippen molar-refractivity contribution in [3.8, 4) is 0 Å². The molecule has 2 fully saturated rings. The SMILES string of the molecule is Cc1c(C(=O)N2CC(N[C@H]3CCN(C(=O)c4nccs4)C3)C2)sc2ccc(Cl)cc12. The average Bonchev–Trinajstić information content (AvgIpc) is 3.45. The van der Waals surface area contributed by atoms with Gasteiger partial charge in [-0.1, -0.05) is 11.6 Å². The lowest BCUT2D eigenvalue weighted by molar-refractivity contribution is 0.0557. The van der Waals surface area contributed by atoms with Crippen LogP contribution < -0.4 is 5.32 Å². The van der Waals surface area contributed by atoms with E-state index in [-0.39, 0.29) is 23.9 Å². The standard InChI is InChI=1S/C21H21ClN4O2S2/c1-12-16-8-13(22)2-3-17(16)30-18(12)20(27)26-10-15(11-26)24-14-4-6-25(9-14)21(28)19-23-5-7-29-19/h2-3,5,7-8,14-15,24H,4,6,9-11H2,1H3/t14-/m0/s1. The number of hydrogen-bond acceptors (Lipinski definition) is 6. The molecule has 2 amide bonds. The Labute approximate surface area is 187 Å².